The average Bonchev–Trinajstić information content (AvgIpc) is 2.22. The van der Waals surface area contributed by atoms with E-state index >= 15 is 0 Å². The minimum Gasteiger partial charge on any atom is -0.313 e. The first-order valence-corrected chi connectivity index (χ1v) is 6.19. The summed E-state index contributed by atoms with van der Waals surface area (Å²) >= 11 is 9.15. The first-order valence-electron chi connectivity index (χ1n) is 5.02. The van der Waals surface area contributed by atoms with Crippen molar-refractivity contribution in [1.82, 2.24) is 5.32 Å². The second-order valence-corrected chi connectivity index (χ2v) is 4.93. The zero-order chi connectivity index (χ0) is 13.1. The molecule has 0 bridgehead atoms. The van der Waals surface area contributed by atoms with Crippen LogP contribution in [0, 0.1) is 0 Å². The maximum Gasteiger partial charge on any atom is 0.389 e. The van der Waals surface area contributed by atoms with E-state index in [1.807, 2.05) is 0 Å². The molecule has 0 spiro atoms. The Hall–Kier alpha value is -0.260. The monoisotopic (exact) mass is 329 g/mol. The first-order chi connectivity index (χ1) is 7.83. The van der Waals surface area contributed by atoms with Crippen LogP contribution in [-0.4, -0.2) is 13.2 Å². The van der Waals surface area contributed by atoms with Gasteiger partial charge in [-0.15, -0.1) is 0 Å². The summed E-state index contributed by atoms with van der Waals surface area (Å²) < 4.78 is 37.2. The third-order valence-electron chi connectivity index (χ3n) is 2.41. The number of hydrogen-bond donors (Lipinski definition) is 1. The summed E-state index contributed by atoms with van der Waals surface area (Å²) in [5.74, 6) is 0. The highest BCUT2D eigenvalue weighted by Gasteiger charge is 2.28. The number of rotatable bonds is 4. The summed E-state index contributed by atoms with van der Waals surface area (Å²) in [7, 11) is 1.64. The van der Waals surface area contributed by atoms with E-state index in [1.54, 1.807) is 25.2 Å². The van der Waals surface area contributed by atoms with Gasteiger partial charge in [-0.1, -0.05) is 17.7 Å². The molecule has 1 nitrogen and oxygen atoms in total. The first kappa shape index (κ1) is 14.8. The fraction of sp³-hybridized carbons (Fsp3) is 0.455. The summed E-state index contributed by atoms with van der Waals surface area (Å²) in [6.45, 7) is 0. The van der Waals surface area contributed by atoms with Gasteiger partial charge in [0.15, 0.2) is 0 Å². The highest BCUT2D eigenvalue weighted by molar-refractivity contribution is 9.10. The maximum atomic E-state index is 12.2. The van der Waals surface area contributed by atoms with Crippen LogP contribution in [0.5, 0.6) is 0 Å². The molecule has 0 aliphatic carbocycles. The molecule has 0 fully saturated rings. The molecule has 0 saturated heterocycles. The van der Waals surface area contributed by atoms with Crippen LogP contribution in [0.1, 0.15) is 24.4 Å². The normalized spacial score (nSPS) is 13.8. The van der Waals surface area contributed by atoms with Crippen LogP contribution < -0.4 is 5.32 Å². The number of nitrogens with one attached hydrogen (secondary N) is 1. The third-order valence-corrected chi connectivity index (χ3v) is 3.64. The van der Waals surface area contributed by atoms with Crippen LogP contribution in [0.25, 0.3) is 0 Å². The van der Waals surface area contributed by atoms with Crippen molar-refractivity contribution in [3.63, 3.8) is 0 Å². The van der Waals surface area contributed by atoms with Crippen LogP contribution in [0.4, 0.5) is 13.2 Å². The Kier molecular flexibility index (Phi) is 5.28. The van der Waals surface area contributed by atoms with Crippen LogP contribution in [0.2, 0.25) is 5.02 Å². The molecule has 0 aromatic heterocycles. The Balaban J connectivity index is 2.76. The van der Waals surface area contributed by atoms with E-state index in [-0.39, 0.29) is 12.5 Å². The van der Waals surface area contributed by atoms with Crippen molar-refractivity contribution in [1.29, 1.82) is 0 Å². The number of halogens is 5. The Labute approximate surface area is 111 Å². The summed E-state index contributed by atoms with van der Waals surface area (Å²) in [5, 5.41) is 3.36. The largest absolute Gasteiger partial charge is 0.389 e. The number of hydrogen-bond acceptors (Lipinski definition) is 1. The second-order valence-electron chi connectivity index (χ2n) is 3.67. The SMILES string of the molecule is CNC(CCC(F)(F)F)c1ccc(Br)c(Cl)c1. The third kappa shape index (κ3) is 4.85. The Morgan fingerprint density at radius 2 is 2.06 bits per heavy atom. The van der Waals surface area contributed by atoms with Gasteiger partial charge in [0.05, 0.1) is 5.02 Å². The van der Waals surface area contributed by atoms with Gasteiger partial charge in [-0.25, -0.2) is 0 Å². The van der Waals surface area contributed by atoms with Crippen molar-refractivity contribution >= 4 is 27.5 Å². The van der Waals surface area contributed by atoms with Gasteiger partial charge < -0.3 is 5.32 Å². The minimum atomic E-state index is -4.13. The van der Waals surface area contributed by atoms with Gasteiger partial charge in [0.2, 0.25) is 0 Å². The molecule has 0 saturated carbocycles. The van der Waals surface area contributed by atoms with Gasteiger partial charge in [0, 0.05) is 16.9 Å². The fourth-order valence-electron chi connectivity index (χ4n) is 1.51. The van der Waals surface area contributed by atoms with Gasteiger partial charge in [0.25, 0.3) is 0 Å². The van der Waals surface area contributed by atoms with E-state index in [9.17, 15) is 13.2 Å². The van der Waals surface area contributed by atoms with E-state index in [4.69, 9.17) is 11.6 Å². The fourth-order valence-corrected chi connectivity index (χ4v) is 1.95. The zero-order valence-corrected chi connectivity index (χ0v) is 11.5. The molecule has 1 atom stereocenters. The van der Waals surface area contributed by atoms with E-state index in [0.717, 1.165) is 10.0 Å². The molecule has 1 N–H and O–H groups in total. The topological polar surface area (TPSA) is 12.0 Å². The predicted octanol–water partition coefficient (Wildman–Crippen LogP) is 4.71. The number of alkyl halides is 3. The molecule has 1 aromatic rings. The van der Waals surface area contributed by atoms with E-state index in [0.29, 0.717) is 5.02 Å². The Bertz CT molecular complexity index is 381. The molecule has 0 aliphatic rings. The molecule has 1 unspecified atom stereocenters. The molecule has 0 aliphatic heterocycles. The zero-order valence-electron chi connectivity index (χ0n) is 9.11. The summed E-state index contributed by atoms with van der Waals surface area (Å²) in [6, 6.07) is 4.81. The lowest BCUT2D eigenvalue weighted by molar-refractivity contribution is -0.136. The smallest absolute Gasteiger partial charge is 0.313 e. The molecule has 0 heterocycles. The van der Waals surface area contributed by atoms with Crippen LogP contribution in [0.3, 0.4) is 0 Å². The van der Waals surface area contributed by atoms with Gasteiger partial charge in [0.1, 0.15) is 0 Å². The molecule has 6 heteroatoms. The molecule has 0 amide bonds. The highest BCUT2D eigenvalue weighted by Crippen LogP contribution is 2.30. The number of benzene rings is 1. The van der Waals surface area contributed by atoms with Crippen molar-refractivity contribution in [2.45, 2.75) is 25.1 Å². The van der Waals surface area contributed by atoms with Gasteiger partial charge in [-0.3, -0.25) is 0 Å². The van der Waals surface area contributed by atoms with Gasteiger partial charge in [-0.2, -0.15) is 13.2 Å². The van der Waals surface area contributed by atoms with Crippen LogP contribution >= 0.6 is 27.5 Å². The standard InChI is InChI=1S/C11H12BrClF3N/c1-17-10(4-5-11(14,15)16)7-2-3-8(12)9(13)6-7/h2-3,6,10,17H,4-5H2,1H3. The van der Waals surface area contributed by atoms with Crippen LogP contribution in [0.15, 0.2) is 22.7 Å². The lowest BCUT2D eigenvalue weighted by atomic mass is 10.0. The Morgan fingerprint density at radius 1 is 1.41 bits per heavy atom. The highest BCUT2D eigenvalue weighted by atomic mass is 79.9. The van der Waals surface area contributed by atoms with Crippen molar-refractivity contribution in [3.05, 3.63) is 33.3 Å². The summed E-state index contributed by atoms with van der Waals surface area (Å²) in [6.07, 6.45) is -4.95. The maximum absolute atomic E-state index is 12.2. The molecule has 1 rings (SSSR count). The Morgan fingerprint density at radius 3 is 2.53 bits per heavy atom. The quantitative estimate of drug-likeness (QED) is 0.843. The van der Waals surface area contributed by atoms with Crippen molar-refractivity contribution in [3.8, 4) is 0 Å². The van der Waals surface area contributed by atoms with Crippen molar-refractivity contribution in [2.24, 2.45) is 0 Å². The molecule has 96 valence electrons. The predicted molar refractivity (Wildman–Crippen MR) is 66.2 cm³/mol. The molecule has 1 aromatic carbocycles. The van der Waals surface area contributed by atoms with Crippen molar-refractivity contribution < 1.29 is 13.2 Å². The summed E-state index contributed by atoms with van der Waals surface area (Å²) in [5.41, 5.74) is 0.755. The summed E-state index contributed by atoms with van der Waals surface area (Å²) in [4.78, 5) is 0. The van der Waals surface area contributed by atoms with Crippen molar-refractivity contribution in [2.75, 3.05) is 7.05 Å². The van der Waals surface area contributed by atoms with Crippen LogP contribution in [-0.2, 0) is 0 Å². The molecule has 0 radical (unpaired) electrons. The molecular formula is C11H12BrClF3N. The second kappa shape index (κ2) is 6.07. The average molecular weight is 331 g/mol. The van der Waals surface area contributed by atoms with Gasteiger partial charge >= 0.3 is 6.18 Å². The minimum absolute atomic E-state index is 0.00202. The van der Waals surface area contributed by atoms with E-state index in [1.165, 1.54) is 0 Å². The molecular weight excluding hydrogens is 318 g/mol. The van der Waals surface area contributed by atoms with E-state index in [2.05, 4.69) is 21.2 Å². The lowest BCUT2D eigenvalue weighted by Crippen LogP contribution is -2.19. The van der Waals surface area contributed by atoms with Gasteiger partial charge in [-0.05, 0) is 47.1 Å². The molecule has 17 heavy (non-hydrogen) atoms. The lowest BCUT2D eigenvalue weighted by Gasteiger charge is -2.18. The van der Waals surface area contributed by atoms with E-state index < -0.39 is 12.6 Å².